The second kappa shape index (κ2) is 8.80. The lowest BCUT2D eigenvalue weighted by atomic mass is 9.81. The summed E-state index contributed by atoms with van der Waals surface area (Å²) in [5.74, 6) is -0.157. The summed E-state index contributed by atoms with van der Waals surface area (Å²) < 4.78 is 37.7. The zero-order chi connectivity index (χ0) is 15.8. The molecule has 1 aliphatic rings. The van der Waals surface area contributed by atoms with Crippen molar-refractivity contribution in [2.75, 3.05) is 7.05 Å². The predicted molar refractivity (Wildman–Crippen MR) is 79.5 cm³/mol. The third-order valence-electron chi connectivity index (χ3n) is 3.08. The number of halogens is 3. The van der Waals surface area contributed by atoms with Crippen molar-refractivity contribution in [2.24, 2.45) is 11.8 Å². The Kier molecular flexibility index (Phi) is 8.23. The van der Waals surface area contributed by atoms with E-state index in [1.807, 2.05) is 19.9 Å². The van der Waals surface area contributed by atoms with Gasteiger partial charge < -0.3 is 5.32 Å². The van der Waals surface area contributed by atoms with Gasteiger partial charge in [0.2, 0.25) is 0 Å². The monoisotopic (exact) mass is 287 g/mol. The minimum absolute atomic E-state index is 0.000263. The van der Waals surface area contributed by atoms with E-state index in [1.165, 1.54) is 6.08 Å². The van der Waals surface area contributed by atoms with Crippen LogP contribution in [-0.4, -0.2) is 19.3 Å². The van der Waals surface area contributed by atoms with Gasteiger partial charge >= 0.3 is 6.18 Å². The first-order valence-corrected chi connectivity index (χ1v) is 6.84. The summed E-state index contributed by atoms with van der Waals surface area (Å²) in [7, 11) is 1.79. The molecular weight excluding hydrogens is 263 g/mol. The number of alkyl halides is 3. The van der Waals surface area contributed by atoms with Gasteiger partial charge in [0, 0.05) is 12.0 Å². The Morgan fingerprint density at radius 3 is 2.35 bits per heavy atom. The molecule has 114 valence electrons. The molecule has 0 bridgehead atoms. The summed E-state index contributed by atoms with van der Waals surface area (Å²) >= 11 is 0. The Hall–Kier alpha value is -1.29. The molecule has 1 N–H and O–H groups in total. The van der Waals surface area contributed by atoms with Crippen LogP contribution in [0.2, 0.25) is 0 Å². The molecule has 1 rings (SSSR count). The lowest BCUT2D eigenvalue weighted by Gasteiger charge is -2.29. The van der Waals surface area contributed by atoms with Crippen LogP contribution in [0.1, 0.15) is 20.8 Å². The number of hydrogen-bond donors (Lipinski definition) is 1. The molecule has 4 heteroatoms. The summed E-state index contributed by atoms with van der Waals surface area (Å²) in [6.45, 7) is 9.38. The van der Waals surface area contributed by atoms with E-state index in [1.54, 1.807) is 32.2 Å². The number of nitrogens with one attached hydrogen (secondary N) is 1. The van der Waals surface area contributed by atoms with Crippen LogP contribution < -0.4 is 5.32 Å². The average Bonchev–Trinajstić information content (AvgIpc) is 2.42. The minimum atomic E-state index is -4.26. The van der Waals surface area contributed by atoms with E-state index in [9.17, 15) is 13.2 Å². The highest BCUT2D eigenvalue weighted by atomic mass is 19.4. The molecule has 0 aliphatic heterocycles. The van der Waals surface area contributed by atoms with Crippen molar-refractivity contribution in [1.29, 1.82) is 0 Å². The first-order valence-electron chi connectivity index (χ1n) is 6.84. The molecule has 1 aliphatic carbocycles. The quantitative estimate of drug-likeness (QED) is 0.742. The average molecular weight is 287 g/mol. The Balaban J connectivity index is 0.00000172. The number of likely N-dealkylation sites (N-methyl/N-ethyl adjacent to an activating group) is 1. The summed E-state index contributed by atoms with van der Waals surface area (Å²) in [6.07, 6.45) is 5.17. The molecule has 0 spiro atoms. The standard InChI is InChI=1S/C14H18F3N.C2H6/c1-4-5-6-13(18-3)12-8-7-11(9-10(12)2)14(15,16)17;1-2/h4-10,12-13,18H,1H2,2-3H3;1-2H3/b6-5-;/t10-,12?,13?;/m1./s1. The fourth-order valence-electron chi connectivity index (χ4n) is 2.09. The highest BCUT2D eigenvalue weighted by Gasteiger charge is 2.35. The van der Waals surface area contributed by atoms with E-state index in [0.717, 1.165) is 6.08 Å². The maximum Gasteiger partial charge on any atom is 0.416 e. The second-order valence-corrected chi connectivity index (χ2v) is 4.35. The Morgan fingerprint density at radius 2 is 1.95 bits per heavy atom. The zero-order valence-corrected chi connectivity index (χ0v) is 12.5. The van der Waals surface area contributed by atoms with E-state index in [-0.39, 0.29) is 17.9 Å². The van der Waals surface area contributed by atoms with Crippen LogP contribution in [0.3, 0.4) is 0 Å². The third-order valence-corrected chi connectivity index (χ3v) is 3.08. The number of hydrogen-bond acceptors (Lipinski definition) is 1. The summed E-state index contributed by atoms with van der Waals surface area (Å²) in [5.41, 5.74) is -0.561. The lowest BCUT2D eigenvalue weighted by Crippen LogP contribution is -2.35. The fraction of sp³-hybridized carbons (Fsp3) is 0.500. The summed E-state index contributed by atoms with van der Waals surface area (Å²) in [6, 6.07) is 0.000263. The van der Waals surface area contributed by atoms with Gasteiger partial charge in [0.1, 0.15) is 0 Å². The molecule has 0 aromatic rings. The largest absolute Gasteiger partial charge is 0.416 e. The second-order valence-electron chi connectivity index (χ2n) is 4.35. The number of allylic oxidation sites excluding steroid dienone is 5. The van der Waals surface area contributed by atoms with Crippen LogP contribution in [0.5, 0.6) is 0 Å². The van der Waals surface area contributed by atoms with E-state index < -0.39 is 11.7 Å². The topological polar surface area (TPSA) is 12.0 Å². The van der Waals surface area contributed by atoms with E-state index >= 15 is 0 Å². The summed E-state index contributed by atoms with van der Waals surface area (Å²) in [4.78, 5) is 0. The predicted octanol–water partition coefficient (Wildman–Crippen LogP) is 4.65. The molecule has 0 heterocycles. The Bertz CT molecular complexity index is 378. The van der Waals surface area contributed by atoms with Gasteiger partial charge in [-0.05, 0) is 13.0 Å². The van der Waals surface area contributed by atoms with Crippen molar-refractivity contribution in [2.45, 2.75) is 33.0 Å². The van der Waals surface area contributed by atoms with E-state index in [2.05, 4.69) is 11.9 Å². The minimum Gasteiger partial charge on any atom is -0.313 e. The maximum atomic E-state index is 12.6. The molecule has 0 aromatic carbocycles. The normalized spacial score (nSPS) is 23.9. The lowest BCUT2D eigenvalue weighted by molar-refractivity contribution is -0.0891. The first-order chi connectivity index (χ1) is 9.40. The van der Waals surface area contributed by atoms with E-state index in [4.69, 9.17) is 0 Å². The molecule has 1 nitrogen and oxygen atoms in total. The van der Waals surface area contributed by atoms with E-state index in [0.29, 0.717) is 0 Å². The van der Waals surface area contributed by atoms with Crippen LogP contribution in [-0.2, 0) is 0 Å². The maximum absolute atomic E-state index is 12.6. The summed E-state index contributed by atoms with van der Waals surface area (Å²) in [5, 5.41) is 3.09. The van der Waals surface area contributed by atoms with Gasteiger partial charge in [0.05, 0.1) is 5.57 Å². The molecule has 2 unspecified atom stereocenters. The van der Waals surface area contributed by atoms with Crippen LogP contribution in [0, 0.1) is 11.8 Å². The number of rotatable bonds is 4. The van der Waals surface area contributed by atoms with Gasteiger partial charge in [-0.25, -0.2) is 0 Å². The molecule has 20 heavy (non-hydrogen) atoms. The van der Waals surface area contributed by atoms with Gasteiger partial charge in [-0.2, -0.15) is 13.2 Å². The highest BCUT2D eigenvalue weighted by molar-refractivity contribution is 5.31. The SMILES string of the molecule is C=C/C=C\C(NC)C1C=CC(C(F)(F)F)=C[C@H]1C.CC. The van der Waals surface area contributed by atoms with Crippen molar-refractivity contribution in [3.8, 4) is 0 Å². The molecule has 0 radical (unpaired) electrons. The van der Waals surface area contributed by atoms with Gasteiger partial charge in [-0.1, -0.05) is 63.8 Å². The Morgan fingerprint density at radius 1 is 1.35 bits per heavy atom. The zero-order valence-electron chi connectivity index (χ0n) is 12.5. The fourth-order valence-corrected chi connectivity index (χ4v) is 2.09. The molecule has 3 atom stereocenters. The van der Waals surface area contributed by atoms with Crippen molar-refractivity contribution < 1.29 is 13.2 Å². The van der Waals surface area contributed by atoms with Crippen LogP contribution in [0.15, 0.2) is 48.6 Å². The molecule has 0 aromatic heterocycles. The van der Waals surface area contributed by atoms with Crippen LogP contribution >= 0.6 is 0 Å². The molecule has 0 saturated heterocycles. The van der Waals surface area contributed by atoms with Gasteiger partial charge in [0.25, 0.3) is 0 Å². The van der Waals surface area contributed by atoms with Crippen molar-refractivity contribution in [3.05, 3.63) is 48.6 Å². The van der Waals surface area contributed by atoms with Crippen LogP contribution in [0.25, 0.3) is 0 Å². The molecule has 0 saturated carbocycles. The smallest absolute Gasteiger partial charge is 0.313 e. The first kappa shape index (κ1) is 18.7. The van der Waals surface area contributed by atoms with Gasteiger partial charge in [-0.3, -0.25) is 0 Å². The van der Waals surface area contributed by atoms with Gasteiger partial charge in [0.15, 0.2) is 0 Å². The van der Waals surface area contributed by atoms with Crippen molar-refractivity contribution in [3.63, 3.8) is 0 Å². The van der Waals surface area contributed by atoms with Gasteiger partial charge in [-0.15, -0.1) is 0 Å². The highest BCUT2D eigenvalue weighted by Crippen LogP contribution is 2.34. The molecule has 0 amide bonds. The van der Waals surface area contributed by atoms with Crippen LogP contribution in [0.4, 0.5) is 13.2 Å². The van der Waals surface area contributed by atoms with Crippen molar-refractivity contribution >= 4 is 0 Å². The van der Waals surface area contributed by atoms with Crippen molar-refractivity contribution in [1.82, 2.24) is 5.32 Å². The third kappa shape index (κ3) is 5.37. The Labute approximate surface area is 120 Å². The molecular formula is C16H24F3N. The molecule has 0 fully saturated rings.